The maximum atomic E-state index is 12.1. The van der Waals surface area contributed by atoms with E-state index in [4.69, 9.17) is 21.1 Å². The zero-order valence-electron chi connectivity index (χ0n) is 13.4. The second-order valence-corrected chi connectivity index (χ2v) is 6.09. The van der Waals surface area contributed by atoms with Crippen molar-refractivity contribution in [3.8, 4) is 5.75 Å². The standard InChI is InChI=1S/C17H22ClNO4/c1-3-14(4-2)19-16(20)10-23-17(21)12-7-11-8-13(18)5-6-15(11)22-9-12/h5-6,8,12,14H,3-4,7,9-10H2,1-2H3,(H,19,20). The van der Waals surface area contributed by atoms with Crippen LogP contribution in [0.4, 0.5) is 0 Å². The molecule has 5 nitrogen and oxygen atoms in total. The highest BCUT2D eigenvalue weighted by Gasteiger charge is 2.28. The van der Waals surface area contributed by atoms with Crippen molar-refractivity contribution in [2.75, 3.05) is 13.2 Å². The lowest BCUT2D eigenvalue weighted by atomic mass is 9.97. The molecular weight excluding hydrogens is 318 g/mol. The summed E-state index contributed by atoms with van der Waals surface area (Å²) in [6.45, 7) is 4.00. The Morgan fingerprint density at radius 3 is 2.83 bits per heavy atom. The van der Waals surface area contributed by atoms with Gasteiger partial charge >= 0.3 is 5.97 Å². The van der Waals surface area contributed by atoms with Crippen LogP contribution in [0, 0.1) is 5.92 Å². The van der Waals surface area contributed by atoms with Gasteiger partial charge in [-0.1, -0.05) is 25.4 Å². The summed E-state index contributed by atoms with van der Waals surface area (Å²) in [5.41, 5.74) is 0.882. The summed E-state index contributed by atoms with van der Waals surface area (Å²) in [5, 5.41) is 3.44. The molecule has 0 bridgehead atoms. The molecule has 1 aromatic carbocycles. The number of carbonyl (C=O) groups is 2. The summed E-state index contributed by atoms with van der Waals surface area (Å²) in [6, 6.07) is 5.45. The molecule has 1 aliphatic rings. The lowest BCUT2D eigenvalue weighted by molar-refractivity contribution is -0.154. The van der Waals surface area contributed by atoms with Crippen LogP contribution in [0.2, 0.25) is 5.02 Å². The van der Waals surface area contributed by atoms with Crippen molar-refractivity contribution in [3.05, 3.63) is 28.8 Å². The minimum Gasteiger partial charge on any atom is -0.492 e. The Labute approximate surface area is 141 Å². The van der Waals surface area contributed by atoms with Gasteiger partial charge in [0.15, 0.2) is 6.61 Å². The SMILES string of the molecule is CCC(CC)NC(=O)COC(=O)C1COc2ccc(Cl)cc2C1. The summed E-state index contributed by atoms with van der Waals surface area (Å²) < 4.78 is 10.7. The first-order chi connectivity index (χ1) is 11.0. The predicted octanol–water partition coefficient (Wildman–Crippen LogP) is 2.74. The van der Waals surface area contributed by atoms with E-state index in [9.17, 15) is 9.59 Å². The molecule has 6 heteroatoms. The van der Waals surface area contributed by atoms with E-state index in [1.807, 2.05) is 13.8 Å². The van der Waals surface area contributed by atoms with Gasteiger partial charge in [0.25, 0.3) is 5.91 Å². The highest BCUT2D eigenvalue weighted by molar-refractivity contribution is 6.30. The highest BCUT2D eigenvalue weighted by Crippen LogP contribution is 2.30. The molecule has 1 N–H and O–H groups in total. The minimum absolute atomic E-state index is 0.119. The first-order valence-electron chi connectivity index (χ1n) is 7.90. The molecule has 0 radical (unpaired) electrons. The van der Waals surface area contributed by atoms with E-state index in [1.54, 1.807) is 18.2 Å². The van der Waals surface area contributed by atoms with Crippen LogP contribution in [-0.2, 0) is 20.7 Å². The number of esters is 1. The van der Waals surface area contributed by atoms with Crippen molar-refractivity contribution in [2.24, 2.45) is 5.92 Å². The Morgan fingerprint density at radius 2 is 2.13 bits per heavy atom. The molecule has 23 heavy (non-hydrogen) atoms. The molecule has 1 aromatic rings. The second-order valence-electron chi connectivity index (χ2n) is 5.65. The van der Waals surface area contributed by atoms with Crippen LogP contribution in [0.25, 0.3) is 0 Å². The van der Waals surface area contributed by atoms with Crippen molar-refractivity contribution in [2.45, 2.75) is 39.2 Å². The molecule has 0 saturated heterocycles. The van der Waals surface area contributed by atoms with Gasteiger partial charge in [-0.05, 0) is 43.0 Å². The van der Waals surface area contributed by atoms with Crippen molar-refractivity contribution >= 4 is 23.5 Å². The largest absolute Gasteiger partial charge is 0.492 e. The lowest BCUT2D eigenvalue weighted by Gasteiger charge is -2.24. The van der Waals surface area contributed by atoms with Crippen molar-refractivity contribution < 1.29 is 19.1 Å². The molecule has 0 aliphatic carbocycles. The van der Waals surface area contributed by atoms with E-state index in [2.05, 4.69) is 5.32 Å². The van der Waals surface area contributed by atoms with Crippen molar-refractivity contribution in [1.82, 2.24) is 5.32 Å². The number of ether oxygens (including phenoxy) is 2. The van der Waals surface area contributed by atoms with Gasteiger partial charge < -0.3 is 14.8 Å². The van der Waals surface area contributed by atoms with Gasteiger partial charge in [0.05, 0.1) is 5.92 Å². The summed E-state index contributed by atoms with van der Waals surface area (Å²) in [7, 11) is 0. The summed E-state index contributed by atoms with van der Waals surface area (Å²) in [6.07, 6.45) is 2.21. The first kappa shape index (κ1) is 17.6. The number of benzene rings is 1. The molecular formula is C17H22ClNO4. The van der Waals surface area contributed by atoms with Crippen molar-refractivity contribution in [3.63, 3.8) is 0 Å². The summed E-state index contributed by atoms with van der Waals surface area (Å²) >= 11 is 5.96. The third-order valence-electron chi connectivity index (χ3n) is 3.96. The van der Waals surface area contributed by atoms with Crippen LogP contribution in [-0.4, -0.2) is 31.1 Å². The first-order valence-corrected chi connectivity index (χ1v) is 8.28. The smallest absolute Gasteiger partial charge is 0.313 e. The topological polar surface area (TPSA) is 64.6 Å². The molecule has 0 aromatic heterocycles. The monoisotopic (exact) mass is 339 g/mol. The normalized spacial score (nSPS) is 16.4. The van der Waals surface area contributed by atoms with Crippen molar-refractivity contribution in [1.29, 1.82) is 0 Å². The number of fused-ring (bicyclic) bond motifs is 1. The average molecular weight is 340 g/mol. The zero-order valence-corrected chi connectivity index (χ0v) is 14.2. The molecule has 0 fully saturated rings. The number of hydrogen-bond acceptors (Lipinski definition) is 4. The third kappa shape index (κ3) is 4.86. The third-order valence-corrected chi connectivity index (χ3v) is 4.19. The van der Waals surface area contributed by atoms with Gasteiger partial charge in [-0.15, -0.1) is 0 Å². The zero-order chi connectivity index (χ0) is 16.8. The molecule has 1 heterocycles. The molecule has 1 unspecified atom stereocenters. The molecule has 0 saturated carbocycles. The number of amides is 1. The van der Waals surface area contributed by atoms with E-state index >= 15 is 0 Å². The Bertz CT molecular complexity index is 572. The number of rotatable bonds is 6. The minimum atomic E-state index is -0.421. The quantitative estimate of drug-likeness (QED) is 0.809. The van der Waals surface area contributed by atoms with Crippen LogP contribution in [0.15, 0.2) is 18.2 Å². The van der Waals surface area contributed by atoms with E-state index in [0.717, 1.165) is 24.2 Å². The van der Waals surface area contributed by atoms with Gasteiger partial charge in [-0.3, -0.25) is 9.59 Å². The molecule has 1 atom stereocenters. The van der Waals surface area contributed by atoms with Crippen LogP contribution in [0.1, 0.15) is 32.3 Å². The van der Waals surface area contributed by atoms with Gasteiger partial charge in [0, 0.05) is 11.1 Å². The van der Waals surface area contributed by atoms with E-state index in [1.165, 1.54) is 0 Å². The van der Waals surface area contributed by atoms with Gasteiger partial charge in [-0.2, -0.15) is 0 Å². The number of halogens is 1. The van der Waals surface area contributed by atoms with Crippen LogP contribution < -0.4 is 10.1 Å². The van der Waals surface area contributed by atoms with Gasteiger partial charge in [0.2, 0.25) is 0 Å². The number of carbonyl (C=O) groups excluding carboxylic acids is 2. The van der Waals surface area contributed by atoms with Gasteiger partial charge in [0.1, 0.15) is 12.4 Å². The lowest BCUT2D eigenvalue weighted by Crippen LogP contribution is -2.38. The molecule has 2 rings (SSSR count). The fourth-order valence-electron chi connectivity index (χ4n) is 2.53. The predicted molar refractivity (Wildman–Crippen MR) is 87.6 cm³/mol. The maximum Gasteiger partial charge on any atom is 0.313 e. The fraction of sp³-hybridized carbons (Fsp3) is 0.529. The summed E-state index contributed by atoms with van der Waals surface area (Å²) in [4.78, 5) is 23.9. The highest BCUT2D eigenvalue weighted by atomic mass is 35.5. The van der Waals surface area contributed by atoms with Crippen LogP contribution in [0.3, 0.4) is 0 Å². The van der Waals surface area contributed by atoms with Gasteiger partial charge in [-0.25, -0.2) is 0 Å². The Morgan fingerprint density at radius 1 is 1.39 bits per heavy atom. The van der Waals surface area contributed by atoms with Crippen LogP contribution in [0.5, 0.6) is 5.75 Å². The summed E-state index contributed by atoms with van der Waals surface area (Å²) in [5.74, 6) is -0.366. The van der Waals surface area contributed by atoms with E-state index < -0.39 is 11.9 Å². The fourth-order valence-corrected chi connectivity index (χ4v) is 2.73. The number of nitrogens with one attached hydrogen (secondary N) is 1. The number of hydrogen-bond donors (Lipinski definition) is 1. The van der Waals surface area contributed by atoms with Crippen LogP contribution >= 0.6 is 11.6 Å². The average Bonchev–Trinajstić information content (AvgIpc) is 2.56. The molecule has 1 amide bonds. The van der Waals surface area contributed by atoms with E-state index in [-0.39, 0.29) is 25.2 Å². The van der Waals surface area contributed by atoms with E-state index in [0.29, 0.717) is 11.4 Å². The molecule has 126 valence electrons. The Hall–Kier alpha value is -1.75. The Balaban J connectivity index is 1.84. The Kier molecular flexibility index (Phi) is 6.28. The molecule has 0 spiro atoms. The molecule has 1 aliphatic heterocycles. The second kappa shape index (κ2) is 8.20. The maximum absolute atomic E-state index is 12.1.